The summed E-state index contributed by atoms with van der Waals surface area (Å²) in [4.78, 5) is 72.4. The molecule has 3 unspecified atom stereocenters. The molecule has 0 aromatic heterocycles. The van der Waals surface area contributed by atoms with Gasteiger partial charge in [-0.2, -0.15) is 0 Å². The first-order valence-corrected chi connectivity index (χ1v) is 38.8. The summed E-state index contributed by atoms with van der Waals surface area (Å²) in [6.07, 6.45) is 49.4. The van der Waals surface area contributed by atoms with E-state index in [4.69, 9.17) is 37.0 Å². The van der Waals surface area contributed by atoms with Crippen molar-refractivity contribution in [2.75, 3.05) is 39.6 Å². The molecule has 6 atom stereocenters. The average molecular weight is 1310 g/mol. The molecule has 0 aliphatic heterocycles. The van der Waals surface area contributed by atoms with Gasteiger partial charge in [-0.3, -0.25) is 37.3 Å². The first kappa shape index (κ1) is 86.5. The summed E-state index contributed by atoms with van der Waals surface area (Å²) in [5.41, 5.74) is 0. The molecule has 17 nitrogen and oxygen atoms in total. The maximum Gasteiger partial charge on any atom is 0.472 e. The smallest absolute Gasteiger partial charge is 0.462 e. The van der Waals surface area contributed by atoms with Gasteiger partial charge in [-0.05, 0) is 63.2 Å². The number of hydrogen-bond donors (Lipinski definition) is 3. The highest BCUT2D eigenvalue weighted by Crippen LogP contribution is 2.45. The van der Waals surface area contributed by atoms with Crippen LogP contribution in [0.5, 0.6) is 0 Å². The third kappa shape index (κ3) is 62.7. The summed E-state index contributed by atoms with van der Waals surface area (Å²) < 4.78 is 68.1. The summed E-state index contributed by atoms with van der Waals surface area (Å²) in [5.74, 6) is -0.602. The van der Waals surface area contributed by atoms with Crippen molar-refractivity contribution in [2.24, 2.45) is 11.8 Å². The number of aliphatic hydroxyl groups excluding tert-OH is 1. The molecular formula is C70H132O17P2. The van der Waals surface area contributed by atoms with Crippen LogP contribution in [-0.2, 0) is 65.4 Å². The number of ether oxygens (including phenoxy) is 4. The fraction of sp³-hybridized carbons (Fsp3) is 0.886. The molecule has 524 valence electrons. The second-order valence-electron chi connectivity index (χ2n) is 25.3. The van der Waals surface area contributed by atoms with Crippen LogP contribution in [0.3, 0.4) is 0 Å². The third-order valence-corrected chi connectivity index (χ3v) is 17.8. The molecule has 0 bridgehead atoms. The molecule has 0 spiro atoms. The van der Waals surface area contributed by atoms with Gasteiger partial charge >= 0.3 is 39.5 Å². The van der Waals surface area contributed by atoms with E-state index in [0.717, 1.165) is 127 Å². The quantitative estimate of drug-likeness (QED) is 0.0169. The summed E-state index contributed by atoms with van der Waals surface area (Å²) >= 11 is 0. The van der Waals surface area contributed by atoms with Crippen LogP contribution in [-0.4, -0.2) is 96.7 Å². The summed E-state index contributed by atoms with van der Waals surface area (Å²) in [6, 6.07) is 0. The number of phosphoric acid groups is 2. The van der Waals surface area contributed by atoms with Crippen molar-refractivity contribution in [3.8, 4) is 0 Å². The highest BCUT2D eigenvalue weighted by molar-refractivity contribution is 7.47. The SMILES string of the molecule is CCCCCC/C=C\C=C/CCCCCCCC(=O)O[C@H](COC(=O)CCCCCCCCCCCCC(C)CC)COP(=O)(O)OC[C@@H](O)COP(=O)(O)OC[C@@H](COC(=O)CCCCCCCCC)OC(=O)CCCCCCCCCCCCC(C)C. The van der Waals surface area contributed by atoms with Gasteiger partial charge in [0.15, 0.2) is 12.2 Å². The minimum atomic E-state index is -4.96. The van der Waals surface area contributed by atoms with Crippen molar-refractivity contribution >= 4 is 39.5 Å². The lowest BCUT2D eigenvalue weighted by atomic mass is 9.99. The molecule has 0 fully saturated rings. The second-order valence-corrected chi connectivity index (χ2v) is 28.2. The zero-order valence-electron chi connectivity index (χ0n) is 57.2. The van der Waals surface area contributed by atoms with Crippen LogP contribution >= 0.6 is 15.6 Å². The Morgan fingerprint density at radius 1 is 0.371 bits per heavy atom. The van der Waals surface area contributed by atoms with Gasteiger partial charge in [0.1, 0.15) is 19.3 Å². The van der Waals surface area contributed by atoms with Crippen LogP contribution in [0.2, 0.25) is 0 Å². The molecule has 19 heteroatoms. The van der Waals surface area contributed by atoms with Gasteiger partial charge in [-0.25, -0.2) is 9.13 Å². The van der Waals surface area contributed by atoms with Crippen molar-refractivity contribution in [1.29, 1.82) is 0 Å². The number of hydrogen-bond acceptors (Lipinski definition) is 15. The molecule has 0 aromatic carbocycles. The van der Waals surface area contributed by atoms with Gasteiger partial charge in [0, 0.05) is 25.7 Å². The lowest BCUT2D eigenvalue weighted by Gasteiger charge is -2.21. The maximum atomic E-state index is 13.0. The minimum absolute atomic E-state index is 0.0847. The highest BCUT2D eigenvalue weighted by Gasteiger charge is 2.30. The topological polar surface area (TPSA) is 237 Å². The third-order valence-electron chi connectivity index (χ3n) is 15.9. The molecule has 0 aliphatic carbocycles. The predicted octanol–water partition coefficient (Wildman–Crippen LogP) is 19.5. The number of allylic oxidation sites excluding steroid dienone is 4. The van der Waals surface area contributed by atoms with E-state index in [9.17, 15) is 43.2 Å². The molecule has 0 rings (SSSR count). The van der Waals surface area contributed by atoms with Gasteiger partial charge in [0.25, 0.3) is 0 Å². The van der Waals surface area contributed by atoms with Crippen molar-refractivity contribution in [1.82, 2.24) is 0 Å². The Morgan fingerprint density at radius 3 is 1.01 bits per heavy atom. The Labute approximate surface area is 542 Å². The number of rotatable bonds is 67. The van der Waals surface area contributed by atoms with Gasteiger partial charge in [0.05, 0.1) is 26.4 Å². The second kappa shape index (κ2) is 61.7. The van der Waals surface area contributed by atoms with Gasteiger partial charge < -0.3 is 33.8 Å². The number of carbonyl (C=O) groups is 4. The summed E-state index contributed by atoms with van der Waals surface area (Å²) in [7, 11) is -9.91. The molecule has 0 radical (unpaired) electrons. The molecule has 0 aliphatic rings. The fourth-order valence-corrected chi connectivity index (χ4v) is 11.6. The van der Waals surface area contributed by atoms with Crippen LogP contribution in [0.1, 0.15) is 330 Å². The van der Waals surface area contributed by atoms with E-state index in [1.165, 1.54) is 122 Å². The van der Waals surface area contributed by atoms with Gasteiger partial charge in [0.2, 0.25) is 0 Å². The van der Waals surface area contributed by atoms with E-state index >= 15 is 0 Å². The predicted molar refractivity (Wildman–Crippen MR) is 358 cm³/mol. The Kier molecular flexibility index (Phi) is 60.0. The summed E-state index contributed by atoms with van der Waals surface area (Å²) in [6.45, 7) is 9.45. The van der Waals surface area contributed by atoms with Crippen LogP contribution < -0.4 is 0 Å². The number of carbonyl (C=O) groups excluding carboxylic acids is 4. The van der Waals surface area contributed by atoms with Crippen LogP contribution in [0.15, 0.2) is 24.3 Å². The van der Waals surface area contributed by atoms with Crippen LogP contribution in [0, 0.1) is 11.8 Å². The molecular weight excluding hydrogens is 1170 g/mol. The first-order valence-electron chi connectivity index (χ1n) is 35.8. The van der Waals surface area contributed by atoms with E-state index in [0.29, 0.717) is 25.7 Å². The number of esters is 4. The van der Waals surface area contributed by atoms with Crippen molar-refractivity contribution < 1.29 is 80.2 Å². The van der Waals surface area contributed by atoms with Crippen molar-refractivity contribution in [2.45, 2.75) is 349 Å². The van der Waals surface area contributed by atoms with Crippen LogP contribution in [0.25, 0.3) is 0 Å². The fourth-order valence-electron chi connectivity index (χ4n) is 10.0. The average Bonchev–Trinajstić information content (AvgIpc) is 3.52. The van der Waals surface area contributed by atoms with E-state index in [1.807, 2.05) is 0 Å². The Bertz CT molecular complexity index is 1830. The van der Waals surface area contributed by atoms with E-state index < -0.39 is 97.5 Å². The molecule has 0 amide bonds. The number of phosphoric ester groups is 2. The number of aliphatic hydroxyl groups is 1. The Hall–Kier alpha value is -2.46. The first-order chi connectivity index (χ1) is 42.9. The largest absolute Gasteiger partial charge is 0.472 e. The van der Waals surface area contributed by atoms with Gasteiger partial charge in [-0.1, -0.05) is 278 Å². The molecule has 0 saturated carbocycles. The zero-order chi connectivity index (χ0) is 65.7. The Balaban J connectivity index is 5.26. The molecule has 89 heavy (non-hydrogen) atoms. The number of unbranched alkanes of at least 4 members (excludes halogenated alkanes) is 33. The standard InChI is InChI=1S/C70H132O17P2/c1-7-10-12-14-16-17-18-19-20-21-22-30-36-42-48-54-69(74)87-66(59-81-68(73)53-47-41-35-29-26-24-28-34-39-45-51-63(6)9-3)61-85-89(78,79)83-57-64(71)56-82-88(76,77)84-60-65(58-80-67(72)52-46-40-32-15-13-11-8-2)86-70(75)55-49-43-37-31-25-23-27-33-38-44-50-62(4)5/h17-20,62-66,71H,7-16,21-61H2,1-6H3,(H,76,77)(H,78,79)/b18-17-,20-19-/t63?,64-,65+,66+/m0/s1. The lowest BCUT2D eigenvalue weighted by molar-refractivity contribution is -0.161. The maximum absolute atomic E-state index is 13.0. The highest BCUT2D eigenvalue weighted by atomic mass is 31.2. The monoisotopic (exact) mass is 1310 g/mol. The van der Waals surface area contributed by atoms with E-state index in [-0.39, 0.29) is 25.7 Å². The summed E-state index contributed by atoms with van der Waals surface area (Å²) in [5, 5.41) is 10.6. The zero-order valence-corrected chi connectivity index (χ0v) is 59.0. The molecule has 0 aromatic rings. The van der Waals surface area contributed by atoms with E-state index in [2.05, 4.69) is 65.8 Å². The van der Waals surface area contributed by atoms with E-state index in [1.54, 1.807) is 0 Å². The molecule has 0 saturated heterocycles. The normalized spacial score (nSPS) is 14.6. The molecule has 3 N–H and O–H groups in total. The van der Waals surface area contributed by atoms with Gasteiger partial charge in [-0.15, -0.1) is 0 Å². The lowest BCUT2D eigenvalue weighted by Crippen LogP contribution is -2.30. The van der Waals surface area contributed by atoms with Crippen LogP contribution in [0.4, 0.5) is 0 Å². The Morgan fingerprint density at radius 2 is 0.663 bits per heavy atom. The van der Waals surface area contributed by atoms with Crippen molar-refractivity contribution in [3.63, 3.8) is 0 Å². The minimum Gasteiger partial charge on any atom is -0.462 e. The van der Waals surface area contributed by atoms with Crippen molar-refractivity contribution in [3.05, 3.63) is 24.3 Å². The molecule has 0 heterocycles.